The van der Waals surface area contributed by atoms with Crippen LogP contribution in [0.25, 0.3) is 11.1 Å². The Morgan fingerprint density at radius 2 is 2.24 bits per heavy atom. The lowest BCUT2D eigenvalue weighted by Crippen LogP contribution is -2.16. The third-order valence-electron chi connectivity index (χ3n) is 3.10. The van der Waals surface area contributed by atoms with Crippen molar-refractivity contribution in [3.63, 3.8) is 0 Å². The fraction of sp³-hybridized carbons (Fsp3) is 0.417. The third kappa shape index (κ3) is 2.06. The van der Waals surface area contributed by atoms with Gasteiger partial charge in [0.25, 0.3) is 6.01 Å². The van der Waals surface area contributed by atoms with E-state index < -0.39 is 0 Å². The molecule has 5 nitrogen and oxygen atoms in total. The Bertz CT molecular complexity index is 538. The number of aromatic hydroxyl groups is 1. The van der Waals surface area contributed by atoms with Gasteiger partial charge in [-0.15, -0.1) is 0 Å². The van der Waals surface area contributed by atoms with E-state index >= 15 is 0 Å². The van der Waals surface area contributed by atoms with Crippen LogP contribution in [-0.4, -0.2) is 27.3 Å². The summed E-state index contributed by atoms with van der Waals surface area (Å²) in [4.78, 5) is 4.27. The summed E-state index contributed by atoms with van der Waals surface area (Å²) in [6.07, 6.45) is 2.24. The van der Waals surface area contributed by atoms with Crippen LogP contribution in [0.15, 0.2) is 22.6 Å². The smallest absolute Gasteiger partial charge is 0.295 e. The van der Waals surface area contributed by atoms with Crippen LogP contribution >= 0.6 is 0 Å². The molecule has 90 valence electrons. The van der Waals surface area contributed by atoms with Gasteiger partial charge in [0.2, 0.25) is 0 Å². The largest absolute Gasteiger partial charge is 0.508 e. The second-order valence-corrected chi connectivity index (χ2v) is 4.48. The highest BCUT2D eigenvalue weighted by Crippen LogP contribution is 2.26. The van der Waals surface area contributed by atoms with Gasteiger partial charge >= 0.3 is 0 Å². The minimum atomic E-state index is -0.221. The van der Waals surface area contributed by atoms with E-state index in [0.717, 1.165) is 19.3 Å². The van der Waals surface area contributed by atoms with Gasteiger partial charge < -0.3 is 19.9 Å². The van der Waals surface area contributed by atoms with E-state index in [4.69, 9.17) is 4.42 Å². The van der Waals surface area contributed by atoms with E-state index in [0.29, 0.717) is 17.1 Å². The highest BCUT2D eigenvalue weighted by atomic mass is 16.4. The molecular formula is C12H14N2O3. The molecule has 0 saturated heterocycles. The zero-order valence-corrected chi connectivity index (χ0v) is 9.26. The number of aromatic nitrogens is 1. The molecule has 1 aliphatic rings. The van der Waals surface area contributed by atoms with Crippen LogP contribution < -0.4 is 5.32 Å². The van der Waals surface area contributed by atoms with Crippen LogP contribution in [0.2, 0.25) is 0 Å². The van der Waals surface area contributed by atoms with E-state index in [1.807, 2.05) is 0 Å². The maximum atomic E-state index is 9.43. The molecule has 1 aromatic carbocycles. The van der Waals surface area contributed by atoms with Gasteiger partial charge in [0.1, 0.15) is 11.3 Å². The first-order chi connectivity index (χ1) is 8.20. The molecule has 5 heteroatoms. The highest BCUT2D eigenvalue weighted by Gasteiger charge is 2.23. The van der Waals surface area contributed by atoms with E-state index in [1.54, 1.807) is 12.1 Å². The molecule has 0 radical (unpaired) electrons. The number of oxazole rings is 1. The summed E-state index contributed by atoms with van der Waals surface area (Å²) < 4.78 is 5.48. The van der Waals surface area contributed by atoms with Crippen LogP contribution in [0, 0.1) is 0 Å². The molecule has 1 aromatic heterocycles. The van der Waals surface area contributed by atoms with Gasteiger partial charge in [-0.2, -0.15) is 4.98 Å². The minimum Gasteiger partial charge on any atom is -0.508 e. The maximum absolute atomic E-state index is 9.43. The van der Waals surface area contributed by atoms with Crippen molar-refractivity contribution in [2.75, 3.05) is 5.32 Å². The Kier molecular flexibility index (Phi) is 2.40. The lowest BCUT2D eigenvalue weighted by Gasteiger charge is -2.08. The Morgan fingerprint density at radius 1 is 1.35 bits per heavy atom. The summed E-state index contributed by atoms with van der Waals surface area (Å²) in [5, 5.41) is 21.9. The summed E-state index contributed by atoms with van der Waals surface area (Å²) in [6.45, 7) is 0. The molecule has 3 N–H and O–H groups in total. The zero-order chi connectivity index (χ0) is 11.8. The number of hydrogen-bond donors (Lipinski definition) is 3. The molecule has 17 heavy (non-hydrogen) atoms. The summed E-state index contributed by atoms with van der Waals surface area (Å²) in [5.41, 5.74) is 1.27. The van der Waals surface area contributed by atoms with E-state index in [1.165, 1.54) is 6.07 Å². The molecule has 0 aliphatic heterocycles. The van der Waals surface area contributed by atoms with Crippen molar-refractivity contribution in [1.29, 1.82) is 0 Å². The number of nitrogens with one attached hydrogen (secondary N) is 1. The minimum absolute atomic E-state index is 0.163. The summed E-state index contributed by atoms with van der Waals surface area (Å²) in [6, 6.07) is 5.49. The Morgan fingerprint density at radius 3 is 3.00 bits per heavy atom. The van der Waals surface area contributed by atoms with Crippen molar-refractivity contribution >= 4 is 17.1 Å². The van der Waals surface area contributed by atoms with Gasteiger partial charge in [-0.05, 0) is 31.4 Å². The molecule has 0 bridgehead atoms. The topological polar surface area (TPSA) is 78.5 Å². The van der Waals surface area contributed by atoms with Gasteiger partial charge in [-0.25, -0.2) is 0 Å². The molecule has 1 fully saturated rings. The molecule has 1 heterocycles. The average molecular weight is 234 g/mol. The molecule has 2 unspecified atom stereocenters. The normalized spacial score (nSPS) is 24.3. The first kappa shape index (κ1) is 10.4. The lowest BCUT2D eigenvalue weighted by atomic mass is 10.2. The molecule has 2 aromatic rings. The molecule has 0 spiro atoms. The van der Waals surface area contributed by atoms with Crippen LogP contribution in [0.1, 0.15) is 19.3 Å². The number of aliphatic hydroxyl groups excluding tert-OH is 1. The van der Waals surface area contributed by atoms with Crippen molar-refractivity contribution in [3.05, 3.63) is 18.2 Å². The van der Waals surface area contributed by atoms with Gasteiger partial charge in [-0.3, -0.25) is 0 Å². The predicted molar refractivity (Wildman–Crippen MR) is 62.9 cm³/mol. The van der Waals surface area contributed by atoms with Crippen molar-refractivity contribution in [2.24, 2.45) is 0 Å². The van der Waals surface area contributed by atoms with E-state index in [-0.39, 0.29) is 17.9 Å². The molecule has 3 rings (SSSR count). The second kappa shape index (κ2) is 3.92. The van der Waals surface area contributed by atoms with Crippen molar-refractivity contribution < 1.29 is 14.6 Å². The number of anilines is 1. The lowest BCUT2D eigenvalue weighted by molar-refractivity contribution is 0.182. The van der Waals surface area contributed by atoms with Gasteiger partial charge in [0.05, 0.1) is 6.10 Å². The fourth-order valence-corrected chi connectivity index (χ4v) is 2.24. The van der Waals surface area contributed by atoms with Crippen molar-refractivity contribution in [3.8, 4) is 5.75 Å². The molecule has 1 saturated carbocycles. The number of phenols is 1. The van der Waals surface area contributed by atoms with E-state index in [2.05, 4.69) is 10.3 Å². The predicted octanol–water partition coefficient (Wildman–Crippen LogP) is 1.86. The number of rotatable bonds is 2. The zero-order valence-electron chi connectivity index (χ0n) is 9.26. The van der Waals surface area contributed by atoms with E-state index in [9.17, 15) is 10.2 Å². The SMILES string of the molecule is Oc1ccc2nc(NC3CCC(O)C3)oc2c1. The highest BCUT2D eigenvalue weighted by molar-refractivity contribution is 5.76. The first-order valence-corrected chi connectivity index (χ1v) is 5.75. The Hall–Kier alpha value is -1.75. The summed E-state index contributed by atoms with van der Waals surface area (Å²) in [7, 11) is 0. The van der Waals surface area contributed by atoms with Crippen molar-refractivity contribution in [2.45, 2.75) is 31.4 Å². The fourth-order valence-electron chi connectivity index (χ4n) is 2.24. The summed E-state index contributed by atoms with van der Waals surface area (Å²) >= 11 is 0. The molecule has 2 atom stereocenters. The monoisotopic (exact) mass is 234 g/mol. The van der Waals surface area contributed by atoms with Gasteiger partial charge in [0.15, 0.2) is 5.58 Å². The van der Waals surface area contributed by atoms with Crippen LogP contribution in [0.4, 0.5) is 6.01 Å². The quantitative estimate of drug-likeness (QED) is 0.739. The number of aliphatic hydroxyl groups is 1. The third-order valence-corrected chi connectivity index (χ3v) is 3.10. The Labute approximate surface area is 98.1 Å². The molecule has 1 aliphatic carbocycles. The first-order valence-electron chi connectivity index (χ1n) is 5.75. The standard InChI is InChI=1S/C12H14N2O3/c15-8-2-1-7(5-8)13-12-14-10-4-3-9(16)6-11(10)17-12/h3-4,6-8,15-16H,1-2,5H2,(H,13,14). The summed E-state index contributed by atoms with van der Waals surface area (Å²) in [5.74, 6) is 0.163. The van der Waals surface area contributed by atoms with Crippen LogP contribution in [0.3, 0.4) is 0 Å². The van der Waals surface area contributed by atoms with Crippen molar-refractivity contribution in [1.82, 2.24) is 4.98 Å². The molecule has 0 amide bonds. The molecular weight excluding hydrogens is 220 g/mol. The second-order valence-electron chi connectivity index (χ2n) is 4.48. The number of hydrogen-bond acceptors (Lipinski definition) is 5. The number of fused-ring (bicyclic) bond motifs is 1. The van der Waals surface area contributed by atoms with Crippen LogP contribution in [-0.2, 0) is 0 Å². The van der Waals surface area contributed by atoms with Gasteiger partial charge in [0, 0.05) is 12.1 Å². The Balaban J connectivity index is 1.81. The number of phenolic OH excluding ortho intramolecular Hbond substituents is 1. The average Bonchev–Trinajstić information content (AvgIpc) is 2.84. The van der Waals surface area contributed by atoms with Gasteiger partial charge in [-0.1, -0.05) is 0 Å². The number of nitrogens with zero attached hydrogens (tertiary/aromatic N) is 1. The maximum Gasteiger partial charge on any atom is 0.295 e. The number of benzene rings is 1. The van der Waals surface area contributed by atoms with Crippen LogP contribution in [0.5, 0.6) is 5.75 Å².